The first-order valence-electron chi connectivity index (χ1n) is 5.64. The summed E-state index contributed by atoms with van der Waals surface area (Å²) in [5.41, 5.74) is 11.0. The largest absolute Gasteiger partial charge is 0.383 e. The van der Waals surface area contributed by atoms with Crippen molar-refractivity contribution in [2.24, 2.45) is 11.7 Å². The average Bonchev–Trinajstić information content (AvgIpc) is 2.26. The summed E-state index contributed by atoms with van der Waals surface area (Å²) < 4.78 is 0. The van der Waals surface area contributed by atoms with Crippen molar-refractivity contribution < 1.29 is 4.79 Å². The molecule has 0 aliphatic heterocycles. The van der Waals surface area contributed by atoms with E-state index in [9.17, 15) is 4.79 Å². The fourth-order valence-corrected chi connectivity index (χ4v) is 1.93. The topological polar surface area (TPSA) is 98.1 Å². The highest BCUT2D eigenvalue weighted by Gasteiger charge is 2.14. The fourth-order valence-electron chi connectivity index (χ4n) is 1.55. The van der Waals surface area contributed by atoms with Crippen LogP contribution in [0.5, 0.6) is 0 Å². The summed E-state index contributed by atoms with van der Waals surface area (Å²) in [7, 11) is 0. The first-order chi connectivity index (χ1) is 8.42. The van der Waals surface area contributed by atoms with Crippen LogP contribution in [0.3, 0.4) is 0 Å². The van der Waals surface area contributed by atoms with Crippen molar-refractivity contribution >= 4 is 29.3 Å². The molecule has 7 heteroatoms. The molecule has 0 radical (unpaired) electrons. The smallest absolute Gasteiger partial charge is 0.236 e. The number of thioether (sulfide) groups is 1. The molecule has 0 fully saturated rings. The summed E-state index contributed by atoms with van der Waals surface area (Å²) in [6, 6.07) is 1.66. The average molecular weight is 269 g/mol. The van der Waals surface area contributed by atoms with E-state index < -0.39 is 5.91 Å². The Morgan fingerprint density at radius 1 is 1.50 bits per heavy atom. The van der Waals surface area contributed by atoms with Crippen LogP contribution in [0.25, 0.3) is 0 Å². The molecule has 6 nitrogen and oxygen atoms in total. The van der Waals surface area contributed by atoms with Gasteiger partial charge in [0.05, 0.1) is 6.54 Å². The fraction of sp³-hybridized carbons (Fsp3) is 0.545. The number of nitrogens with zero attached hydrogens (tertiary/aromatic N) is 3. The molecule has 1 rings (SSSR count). The Labute approximate surface area is 111 Å². The first kappa shape index (κ1) is 14.6. The SMILES string of the molecule is CSc1nc(N)cc(N(CC(N)=O)CC(C)C)n1. The summed E-state index contributed by atoms with van der Waals surface area (Å²) in [6.45, 7) is 4.94. The molecule has 0 unspecified atom stereocenters. The number of hydrogen-bond donors (Lipinski definition) is 2. The zero-order valence-corrected chi connectivity index (χ0v) is 11.7. The van der Waals surface area contributed by atoms with E-state index in [1.807, 2.05) is 11.2 Å². The van der Waals surface area contributed by atoms with Crippen molar-refractivity contribution in [3.05, 3.63) is 6.07 Å². The second-order valence-electron chi connectivity index (χ2n) is 4.38. The van der Waals surface area contributed by atoms with Crippen molar-refractivity contribution in [1.29, 1.82) is 0 Å². The Kier molecular flexibility index (Phi) is 5.21. The third kappa shape index (κ3) is 4.40. The molecular formula is C11H19N5OS. The number of anilines is 2. The summed E-state index contributed by atoms with van der Waals surface area (Å²) in [6.07, 6.45) is 1.87. The molecule has 1 aromatic rings. The summed E-state index contributed by atoms with van der Waals surface area (Å²) in [5, 5.41) is 0.586. The molecule has 0 spiro atoms. The molecule has 4 N–H and O–H groups in total. The lowest BCUT2D eigenvalue weighted by molar-refractivity contribution is -0.116. The molecule has 0 atom stereocenters. The van der Waals surface area contributed by atoms with Gasteiger partial charge in [0.1, 0.15) is 11.6 Å². The minimum Gasteiger partial charge on any atom is -0.383 e. The zero-order chi connectivity index (χ0) is 13.7. The number of rotatable bonds is 6. The van der Waals surface area contributed by atoms with Crippen molar-refractivity contribution in [2.45, 2.75) is 19.0 Å². The second-order valence-corrected chi connectivity index (χ2v) is 5.15. The Balaban J connectivity index is 3.02. The van der Waals surface area contributed by atoms with Crippen LogP contribution in [-0.2, 0) is 4.79 Å². The van der Waals surface area contributed by atoms with E-state index in [-0.39, 0.29) is 6.54 Å². The van der Waals surface area contributed by atoms with Crippen LogP contribution in [0.1, 0.15) is 13.8 Å². The van der Waals surface area contributed by atoms with Gasteiger partial charge in [-0.15, -0.1) is 0 Å². The van der Waals surface area contributed by atoms with Gasteiger partial charge in [-0.05, 0) is 12.2 Å². The van der Waals surface area contributed by atoms with Crippen molar-refractivity contribution in [2.75, 3.05) is 30.0 Å². The summed E-state index contributed by atoms with van der Waals surface area (Å²) in [5.74, 6) is 1.03. The van der Waals surface area contributed by atoms with E-state index in [1.54, 1.807) is 6.07 Å². The van der Waals surface area contributed by atoms with Crippen LogP contribution < -0.4 is 16.4 Å². The third-order valence-electron chi connectivity index (χ3n) is 2.15. The van der Waals surface area contributed by atoms with Crippen LogP contribution in [0.2, 0.25) is 0 Å². The number of primary amides is 1. The van der Waals surface area contributed by atoms with Gasteiger partial charge in [0, 0.05) is 12.6 Å². The van der Waals surface area contributed by atoms with Crippen molar-refractivity contribution in [3.63, 3.8) is 0 Å². The number of aromatic nitrogens is 2. The number of nitrogen functional groups attached to an aromatic ring is 1. The molecule has 100 valence electrons. The van der Waals surface area contributed by atoms with Gasteiger partial charge in [-0.3, -0.25) is 4.79 Å². The van der Waals surface area contributed by atoms with Crippen LogP contribution in [0.15, 0.2) is 11.2 Å². The van der Waals surface area contributed by atoms with Gasteiger partial charge >= 0.3 is 0 Å². The van der Waals surface area contributed by atoms with Gasteiger partial charge < -0.3 is 16.4 Å². The molecule has 18 heavy (non-hydrogen) atoms. The van der Waals surface area contributed by atoms with E-state index in [4.69, 9.17) is 11.5 Å². The van der Waals surface area contributed by atoms with Gasteiger partial charge in [0.15, 0.2) is 5.16 Å². The van der Waals surface area contributed by atoms with E-state index in [2.05, 4.69) is 23.8 Å². The lowest BCUT2D eigenvalue weighted by Gasteiger charge is -2.24. The van der Waals surface area contributed by atoms with Crippen LogP contribution in [0.4, 0.5) is 11.6 Å². The lowest BCUT2D eigenvalue weighted by atomic mass is 10.2. The Morgan fingerprint density at radius 3 is 2.67 bits per heavy atom. The van der Waals surface area contributed by atoms with Gasteiger partial charge in [-0.2, -0.15) is 0 Å². The third-order valence-corrected chi connectivity index (χ3v) is 2.70. The number of amides is 1. The van der Waals surface area contributed by atoms with E-state index in [0.717, 1.165) is 0 Å². The molecule has 0 aliphatic rings. The van der Waals surface area contributed by atoms with Gasteiger partial charge in [-0.25, -0.2) is 9.97 Å². The quantitative estimate of drug-likeness (QED) is 0.583. The molecular weight excluding hydrogens is 250 g/mol. The van der Waals surface area contributed by atoms with Crippen molar-refractivity contribution in [1.82, 2.24) is 9.97 Å². The van der Waals surface area contributed by atoms with Crippen molar-refractivity contribution in [3.8, 4) is 0 Å². The van der Waals surface area contributed by atoms with Gasteiger partial charge in [0.25, 0.3) is 0 Å². The minimum atomic E-state index is -0.390. The standard InChI is InChI=1S/C11H19N5OS/c1-7(2)5-16(6-9(13)17)10-4-8(12)14-11(15-10)18-3/h4,7H,5-6H2,1-3H3,(H2,13,17)(H2,12,14,15). The highest BCUT2D eigenvalue weighted by Crippen LogP contribution is 2.19. The Morgan fingerprint density at radius 2 is 2.17 bits per heavy atom. The number of hydrogen-bond acceptors (Lipinski definition) is 6. The highest BCUT2D eigenvalue weighted by atomic mass is 32.2. The molecule has 0 aliphatic carbocycles. The van der Waals surface area contributed by atoms with E-state index >= 15 is 0 Å². The van der Waals surface area contributed by atoms with Crippen LogP contribution >= 0.6 is 11.8 Å². The predicted molar refractivity (Wildman–Crippen MR) is 74.5 cm³/mol. The minimum absolute atomic E-state index is 0.127. The number of nitrogens with two attached hydrogens (primary N) is 2. The normalized spacial score (nSPS) is 10.7. The molecule has 0 bridgehead atoms. The molecule has 0 saturated carbocycles. The lowest BCUT2D eigenvalue weighted by Crippen LogP contribution is -2.37. The van der Waals surface area contributed by atoms with Gasteiger partial charge in [-0.1, -0.05) is 25.6 Å². The Bertz CT molecular complexity index is 424. The molecule has 0 saturated heterocycles. The summed E-state index contributed by atoms with van der Waals surface area (Å²) >= 11 is 1.41. The monoisotopic (exact) mass is 269 g/mol. The zero-order valence-electron chi connectivity index (χ0n) is 10.9. The van der Waals surface area contributed by atoms with E-state index in [0.29, 0.717) is 29.3 Å². The van der Waals surface area contributed by atoms with Gasteiger partial charge in [0.2, 0.25) is 5.91 Å². The maximum atomic E-state index is 11.1. The summed E-state index contributed by atoms with van der Waals surface area (Å²) in [4.78, 5) is 21.4. The molecule has 1 aromatic heterocycles. The molecule has 1 amide bonds. The maximum absolute atomic E-state index is 11.1. The maximum Gasteiger partial charge on any atom is 0.236 e. The Hall–Kier alpha value is -1.50. The second kappa shape index (κ2) is 6.44. The van der Waals surface area contributed by atoms with Crippen LogP contribution in [0, 0.1) is 5.92 Å². The molecule has 0 aromatic carbocycles. The van der Waals surface area contributed by atoms with E-state index in [1.165, 1.54) is 11.8 Å². The number of carbonyl (C=O) groups excluding carboxylic acids is 1. The predicted octanol–water partition coefficient (Wildman–Crippen LogP) is 0.728. The van der Waals surface area contributed by atoms with Crippen LogP contribution in [-0.4, -0.2) is 35.2 Å². The first-order valence-corrected chi connectivity index (χ1v) is 6.86. The number of carbonyl (C=O) groups is 1. The molecule has 1 heterocycles. The highest BCUT2D eigenvalue weighted by molar-refractivity contribution is 7.98.